The van der Waals surface area contributed by atoms with Crippen molar-refractivity contribution in [2.45, 2.75) is 75.3 Å². The molecule has 1 aromatic carbocycles. The minimum atomic E-state index is -0.711. The third kappa shape index (κ3) is 3.32. The predicted molar refractivity (Wildman–Crippen MR) is 128 cm³/mol. The Morgan fingerprint density at radius 2 is 2.09 bits per heavy atom. The van der Waals surface area contributed by atoms with E-state index < -0.39 is 24.3 Å². The smallest absolute Gasteiger partial charge is 0.416 e. The molecule has 0 radical (unpaired) electrons. The van der Waals surface area contributed by atoms with Gasteiger partial charge in [-0.25, -0.2) is 10.2 Å². The Kier molecular flexibility index (Phi) is 5.36. The highest BCUT2D eigenvalue weighted by molar-refractivity contribution is 5.86. The fraction of sp³-hybridized carbons (Fsp3) is 0.615. The molecular formula is C26H34N4O5. The van der Waals surface area contributed by atoms with E-state index in [1.54, 1.807) is 6.07 Å². The minimum Gasteiger partial charge on any atom is -0.482 e. The summed E-state index contributed by atoms with van der Waals surface area (Å²) in [5.74, 6) is 0.957. The molecule has 2 aliphatic carbocycles. The van der Waals surface area contributed by atoms with Gasteiger partial charge in [0.25, 0.3) is 5.91 Å². The number of hydrazine groups is 1. The Hall–Kier alpha value is -2.62. The molecule has 1 spiro atoms. The number of amides is 2. The Morgan fingerprint density at radius 1 is 1.26 bits per heavy atom. The van der Waals surface area contributed by atoms with Crippen LogP contribution < -0.4 is 20.3 Å². The molecule has 6 atom stereocenters. The summed E-state index contributed by atoms with van der Waals surface area (Å²) in [6.07, 6.45) is 5.48. The van der Waals surface area contributed by atoms with Crippen molar-refractivity contribution in [1.29, 1.82) is 0 Å². The molecular weight excluding hydrogens is 448 g/mol. The average molecular weight is 483 g/mol. The molecule has 0 aromatic heterocycles. The van der Waals surface area contributed by atoms with Gasteiger partial charge in [0, 0.05) is 35.5 Å². The zero-order valence-electron chi connectivity index (χ0n) is 20.5. The fourth-order valence-corrected chi connectivity index (χ4v) is 7.02. The summed E-state index contributed by atoms with van der Waals surface area (Å²) in [6, 6.07) is 3.72. The average Bonchev–Trinajstić information content (AvgIpc) is 3.45. The van der Waals surface area contributed by atoms with Crippen LogP contribution in [0.25, 0.3) is 0 Å². The van der Waals surface area contributed by atoms with Crippen molar-refractivity contribution in [3.8, 4) is 11.5 Å². The highest BCUT2D eigenvalue weighted by Gasteiger charge is 2.64. The molecule has 35 heavy (non-hydrogen) atoms. The number of likely N-dealkylation sites (N-methyl/N-ethyl adjacent to an activating group) is 1. The number of aliphatic hydroxyl groups excluding tert-OH is 1. The van der Waals surface area contributed by atoms with Crippen LogP contribution in [-0.2, 0) is 16.6 Å². The van der Waals surface area contributed by atoms with Gasteiger partial charge in [0.15, 0.2) is 11.5 Å². The molecule has 3 heterocycles. The summed E-state index contributed by atoms with van der Waals surface area (Å²) >= 11 is 0. The van der Waals surface area contributed by atoms with Crippen molar-refractivity contribution in [2.75, 3.05) is 20.1 Å². The summed E-state index contributed by atoms with van der Waals surface area (Å²) in [5, 5.41) is 10.9. The molecule has 1 aromatic rings. The molecule has 3 aliphatic heterocycles. The first kappa shape index (κ1) is 22.8. The number of benzene rings is 1. The van der Waals surface area contributed by atoms with Crippen LogP contribution in [0.2, 0.25) is 0 Å². The Bertz CT molecular complexity index is 1090. The minimum absolute atomic E-state index is 0.0910. The van der Waals surface area contributed by atoms with Crippen molar-refractivity contribution in [3.63, 3.8) is 0 Å². The van der Waals surface area contributed by atoms with Crippen LogP contribution in [0.3, 0.4) is 0 Å². The lowest BCUT2D eigenvalue weighted by atomic mass is 9.53. The first-order valence-electron chi connectivity index (χ1n) is 12.7. The van der Waals surface area contributed by atoms with Crippen molar-refractivity contribution in [1.82, 2.24) is 20.7 Å². The monoisotopic (exact) mass is 482 g/mol. The predicted octanol–water partition coefficient (Wildman–Crippen LogP) is 1.48. The van der Waals surface area contributed by atoms with Gasteiger partial charge in [0.2, 0.25) is 0 Å². The van der Waals surface area contributed by atoms with Gasteiger partial charge in [-0.3, -0.25) is 15.1 Å². The second-order valence-electron chi connectivity index (χ2n) is 10.9. The maximum Gasteiger partial charge on any atom is 0.416 e. The molecule has 9 nitrogen and oxygen atoms in total. The largest absolute Gasteiger partial charge is 0.482 e. The molecule has 2 amide bonds. The highest BCUT2D eigenvalue weighted by Crippen LogP contribution is 2.62. The van der Waals surface area contributed by atoms with E-state index in [9.17, 15) is 14.7 Å². The van der Waals surface area contributed by atoms with Gasteiger partial charge in [0.1, 0.15) is 18.2 Å². The van der Waals surface area contributed by atoms with Crippen molar-refractivity contribution < 1.29 is 24.2 Å². The molecule has 0 saturated carbocycles. The molecule has 2 fully saturated rings. The SMILES string of the molecule is CC(C)NNC(=O)C1CCCN1C(=O)Oc1ccc2c3c1O[C@H]1[C@@H](O)C=CC4C(C2)N(C)CC[C@@]341. The van der Waals surface area contributed by atoms with Crippen molar-refractivity contribution >= 4 is 12.0 Å². The standard InChI is InChI=1S/C26H34N4O5/c1-14(2)27-28-24(32)17-5-4-11-30(17)25(33)34-20-9-6-15-13-18-16-7-8-19(31)23-26(16,10-12-29(18)3)21(15)22(20)35-23/h6-9,14,16-19,23,27,31H,4-5,10-13H2,1-3H3,(H,28,32)/t16?,17?,18?,19-,23-,26-/m0/s1. The first-order chi connectivity index (χ1) is 16.8. The number of hydrogen-bond acceptors (Lipinski definition) is 7. The number of nitrogens with zero attached hydrogens (tertiary/aromatic N) is 2. The van der Waals surface area contributed by atoms with Crippen LogP contribution in [0.5, 0.6) is 11.5 Å². The van der Waals surface area contributed by atoms with Crippen LogP contribution in [-0.4, -0.2) is 77.4 Å². The number of rotatable bonds is 4. The van der Waals surface area contributed by atoms with E-state index in [1.165, 1.54) is 10.5 Å². The Balaban J connectivity index is 1.30. The number of ether oxygens (including phenoxy) is 2. The van der Waals surface area contributed by atoms with Crippen LogP contribution >= 0.6 is 0 Å². The van der Waals surface area contributed by atoms with Gasteiger partial charge in [-0.2, -0.15) is 0 Å². The normalized spacial score (nSPS) is 34.5. The first-order valence-corrected chi connectivity index (χ1v) is 12.7. The van der Waals surface area contributed by atoms with Crippen LogP contribution in [0.4, 0.5) is 4.79 Å². The number of carbonyl (C=O) groups excluding carboxylic acids is 2. The summed E-state index contributed by atoms with van der Waals surface area (Å²) in [7, 11) is 2.17. The van der Waals surface area contributed by atoms with Crippen LogP contribution in [0.1, 0.15) is 44.2 Å². The van der Waals surface area contributed by atoms with E-state index in [4.69, 9.17) is 9.47 Å². The number of likely N-dealkylation sites (tertiary alicyclic amines) is 2. The number of hydrogen-bond donors (Lipinski definition) is 3. The summed E-state index contributed by atoms with van der Waals surface area (Å²) in [4.78, 5) is 29.8. The van der Waals surface area contributed by atoms with Crippen LogP contribution in [0, 0.1) is 5.92 Å². The van der Waals surface area contributed by atoms with E-state index in [-0.39, 0.29) is 23.3 Å². The third-order valence-electron chi connectivity index (χ3n) is 8.61. The van der Waals surface area contributed by atoms with Gasteiger partial charge in [-0.05, 0) is 64.8 Å². The number of nitrogens with one attached hydrogen (secondary N) is 2. The summed E-state index contributed by atoms with van der Waals surface area (Å²) in [5.41, 5.74) is 7.60. The van der Waals surface area contributed by atoms with Crippen molar-refractivity contribution in [2.24, 2.45) is 5.92 Å². The van der Waals surface area contributed by atoms with E-state index >= 15 is 0 Å². The lowest BCUT2D eigenvalue weighted by molar-refractivity contribution is -0.126. The topological polar surface area (TPSA) is 103 Å². The van der Waals surface area contributed by atoms with E-state index in [0.717, 1.165) is 31.4 Å². The maximum absolute atomic E-state index is 13.2. The molecule has 5 aliphatic rings. The zero-order chi connectivity index (χ0) is 24.5. The van der Waals surface area contributed by atoms with Crippen molar-refractivity contribution in [3.05, 3.63) is 35.4 Å². The molecule has 6 rings (SSSR count). The van der Waals surface area contributed by atoms with Gasteiger partial charge >= 0.3 is 6.09 Å². The number of carbonyl (C=O) groups is 2. The summed E-state index contributed by atoms with van der Waals surface area (Å²) in [6.45, 7) is 5.26. The van der Waals surface area contributed by atoms with E-state index in [1.807, 2.05) is 26.0 Å². The van der Waals surface area contributed by atoms with Gasteiger partial charge < -0.3 is 19.5 Å². The molecule has 2 bridgehead atoms. The molecule has 9 heteroatoms. The molecule has 3 N–H and O–H groups in total. The highest BCUT2D eigenvalue weighted by atomic mass is 16.6. The van der Waals surface area contributed by atoms with Gasteiger partial charge in [-0.15, -0.1) is 0 Å². The third-order valence-corrected chi connectivity index (χ3v) is 8.61. The molecule has 3 unspecified atom stereocenters. The second kappa shape index (κ2) is 8.21. The van der Waals surface area contributed by atoms with E-state index in [2.05, 4.69) is 28.9 Å². The Labute approximate surface area is 205 Å². The zero-order valence-corrected chi connectivity index (χ0v) is 20.5. The maximum atomic E-state index is 13.2. The lowest BCUT2D eigenvalue weighted by Crippen LogP contribution is -2.64. The Morgan fingerprint density at radius 3 is 2.89 bits per heavy atom. The second-order valence-corrected chi connectivity index (χ2v) is 10.9. The quantitative estimate of drug-likeness (QED) is 0.441. The number of aliphatic hydroxyl groups is 1. The lowest BCUT2D eigenvalue weighted by Gasteiger charge is -2.56. The fourth-order valence-electron chi connectivity index (χ4n) is 7.02. The summed E-state index contributed by atoms with van der Waals surface area (Å²) < 4.78 is 12.4. The van der Waals surface area contributed by atoms with Gasteiger partial charge in [-0.1, -0.05) is 18.2 Å². The molecule has 188 valence electrons. The van der Waals surface area contributed by atoms with Crippen LogP contribution in [0.15, 0.2) is 24.3 Å². The van der Waals surface area contributed by atoms with Gasteiger partial charge in [0.05, 0.1) is 0 Å². The molecule has 2 saturated heterocycles. The number of piperidine rings is 1. The van der Waals surface area contributed by atoms with E-state index in [0.29, 0.717) is 30.5 Å².